The minimum absolute atomic E-state index is 0.135. The minimum atomic E-state index is -0.416. The Kier molecular flexibility index (Phi) is 6.42. The van der Waals surface area contributed by atoms with E-state index in [9.17, 15) is 9.18 Å². The van der Waals surface area contributed by atoms with Crippen LogP contribution < -0.4 is 5.32 Å². The number of nitrogens with one attached hydrogen (secondary N) is 1. The lowest BCUT2D eigenvalue weighted by atomic mass is 10.0. The van der Waals surface area contributed by atoms with Crippen molar-refractivity contribution in [3.63, 3.8) is 0 Å². The summed E-state index contributed by atoms with van der Waals surface area (Å²) in [6, 6.07) is 13.6. The van der Waals surface area contributed by atoms with Gasteiger partial charge < -0.3 is 15.1 Å². The van der Waals surface area contributed by atoms with E-state index in [1.54, 1.807) is 29.2 Å². The first-order chi connectivity index (χ1) is 13.7. The average Bonchev–Trinajstić information content (AvgIpc) is 3.10. The molecule has 2 aromatic carbocycles. The van der Waals surface area contributed by atoms with Gasteiger partial charge in [0.25, 0.3) is 0 Å². The molecule has 1 aliphatic rings. The Morgan fingerprint density at radius 3 is 2.62 bits per heavy atom. The highest BCUT2D eigenvalue weighted by atomic mass is 35.5. The van der Waals surface area contributed by atoms with Gasteiger partial charge in [0.2, 0.25) is 0 Å². The summed E-state index contributed by atoms with van der Waals surface area (Å²) in [5, 5.41) is 7.70. The maximum absolute atomic E-state index is 14.2. The van der Waals surface area contributed by atoms with Crippen LogP contribution in [0, 0.1) is 5.82 Å². The summed E-state index contributed by atoms with van der Waals surface area (Å²) >= 11 is 6.25. The third-order valence-corrected chi connectivity index (χ3v) is 4.76. The first kappa shape index (κ1) is 21.1. The van der Waals surface area contributed by atoms with Gasteiger partial charge in [-0.15, -0.1) is 0 Å². The van der Waals surface area contributed by atoms with E-state index in [1.807, 2.05) is 39.0 Å². The van der Waals surface area contributed by atoms with Gasteiger partial charge in [-0.25, -0.2) is 9.18 Å². The predicted molar refractivity (Wildman–Crippen MR) is 113 cm³/mol. The van der Waals surface area contributed by atoms with Crippen LogP contribution >= 0.6 is 11.6 Å². The zero-order valence-electron chi connectivity index (χ0n) is 16.8. The van der Waals surface area contributed by atoms with Gasteiger partial charge in [-0.05, 0) is 32.9 Å². The molecule has 1 aliphatic heterocycles. The molecule has 0 aromatic heterocycles. The van der Waals surface area contributed by atoms with E-state index in [4.69, 9.17) is 16.4 Å². The largest absolute Gasteiger partial charge is 0.390 e. The van der Waals surface area contributed by atoms with Crippen LogP contribution in [0.15, 0.2) is 53.7 Å². The molecule has 1 atom stereocenters. The van der Waals surface area contributed by atoms with Gasteiger partial charge >= 0.3 is 6.03 Å². The number of amides is 2. The zero-order chi connectivity index (χ0) is 21.0. The van der Waals surface area contributed by atoms with Crippen molar-refractivity contribution in [2.45, 2.75) is 45.4 Å². The smallest absolute Gasteiger partial charge is 0.318 e. The third-order valence-electron chi connectivity index (χ3n) is 4.43. The second kappa shape index (κ2) is 8.82. The number of rotatable bonds is 5. The monoisotopic (exact) mass is 417 g/mol. The lowest BCUT2D eigenvalue weighted by Gasteiger charge is -2.29. The van der Waals surface area contributed by atoms with Crippen LogP contribution in [0.1, 0.15) is 38.3 Å². The topological polar surface area (TPSA) is 53.9 Å². The highest BCUT2D eigenvalue weighted by Crippen LogP contribution is 2.24. The first-order valence-electron chi connectivity index (χ1n) is 9.51. The average molecular weight is 418 g/mol. The Bertz CT molecular complexity index is 911. The van der Waals surface area contributed by atoms with Gasteiger partial charge in [-0.1, -0.05) is 53.2 Å². The summed E-state index contributed by atoms with van der Waals surface area (Å²) in [6.07, 6.45) is 0.180. The molecule has 1 unspecified atom stereocenters. The number of halogens is 2. The fraction of sp³-hybridized carbons (Fsp3) is 0.364. The summed E-state index contributed by atoms with van der Waals surface area (Å²) in [4.78, 5) is 20.0. The Balaban J connectivity index is 1.73. The second-order valence-corrected chi connectivity index (χ2v) is 8.51. The van der Waals surface area contributed by atoms with E-state index in [2.05, 4.69) is 10.5 Å². The molecule has 29 heavy (non-hydrogen) atoms. The van der Waals surface area contributed by atoms with Crippen molar-refractivity contribution in [2.75, 3.05) is 6.54 Å². The molecule has 0 bridgehead atoms. The van der Waals surface area contributed by atoms with Crippen LogP contribution in [0.25, 0.3) is 0 Å². The van der Waals surface area contributed by atoms with Gasteiger partial charge in [-0.2, -0.15) is 0 Å². The molecular formula is C22H25ClFN3O2. The van der Waals surface area contributed by atoms with Crippen molar-refractivity contribution in [3.8, 4) is 0 Å². The lowest BCUT2D eigenvalue weighted by molar-refractivity contribution is 0.0578. The van der Waals surface area contributed by atoms with Crippen LogP contribution in [0.2, 0.25) is 5.02 Å². The second-order valence-electron chi connectivity index (χ2n) is 8.10. The van der Waals surface area contributed by atoms with Crippen LogP contribution in [0.4, 0.5) is 9.18 Å². The van der Waals surface area contributed by atoms with E-state index < -0.39 is 5.54 Å². The van der Waals surface area contributed by atoms with E-state index in [0.29, 0.717) is 17.0 Å². The van der Waals surface area contributed by atoms with Crippen molar-refractivity contribution < 1.29 is 14.0 Å². The number of oxime groups is 1. The highest BCUT2D eigenvalue weighted by Gasteiger charge is 2.29. The molecule has 3 rings (SSSR count). The van der Waals surface area contributed by atoms with Crippen molar-refractivity contribution in [1.82, 2.24) is 10.2 Å². The Labute approximate surface area is 175 Å². The molecule has 5 nitrogen and oxygen atoms in total. The number of nitrogens with zero attached hydrogens (tertiary/aromatic N) is 2. The van der Waals surface area contributed by atoms with Crippen molar-refractivity contribution >= 4 is 23.3 Å². The lowest BCUT2D eigenvalue weighted by Crippen LogP contribution is -2.50. The number of benzene rings is 2. The fourth-order valence-electron chi connectivity index (χ4n) is 3.08. The molecule has 0 aliphatic carbocycles. The molecule has 154 valence electrons. The van der Waals surface area contributed by atoms with Gasteiger partial charge in [-0.3, -0.25) is 0 Å². The molecule has 0 saturated carbocycles. The third kappa shape index (κ3) is 5.70. The van der Waals surface area contributed by atoms with E-state index >= 15 is 0 Å². The van der Waals surface area contributed by atoms with Crippen LogP contribution in [-0.2, 0) is 11.4 Å². The summed E-state index contributed by atoms with van der Waals surface area (Å²) in [5.41, 5.74) is 1.58. The quantitative estimate of drug-likeness (QED) is 0.745. The SMILES string of the molecule is CC(C)(C)NC(=O)N(Cc1ccccc1F)CC1CC(c2ccccc2Cl)=NO1. The fourth-order valence-corrected chi connectivity index (χ4v) is 3.32. The summed E-state index contributed by atoms with van der Waals surface area (Å²) in [6.45, 7) is 6.11. The molecule has 1 heterocycles. The molecule has 2 amide bonds. The number of carbonyl (C=O) groups is 1. The van der Waals surface area contributed by atoms with Crippen molar-refractivity contribution in [2.24, 2.45) is 5.16 Å². The molecule has 2 aromatic rings. The molecule has 1 N–H and O–H groups in total. The molecule has 0 radical (unpaired) electrons. The number of carbonyl (C=O) groups excluding carboxylic acids is 1. The number of hydrogen-bond donors (Lipinski definition) is 1. The molecular weight excluding hydrogens is 393 g/mol. The van der Waals surface area contributed by atoms with Crippen molar-refractivity contribution in [3.05, 3.63) is 70.5 Å². The molecule has 0 saturated heterocycles. The molecule has 0 spiro atoms. The summed E-state index contributed by atoms with van der Waals surface area (Å²) in [7, 11) is 0. The molecule has 7 heteroatoms. The Hall–Kier alpha value is -2.60. The maximum atomic E-state index is 14.2. The van der Waals surface area contributed by atoms with Gasteiger partial charge in [0.05, 0.1) is 18.8 Å². The normalized spacial score (nSPS) is 16.2. The van der Waals surface area contributed by atoms with Crippen LogP contribution in [0.3, 0.4) is 0 Å². The standard InChI is InChI=1S/C22H25ClFN3O2/c1-22(2,3)25-21(28)27(13-15-8-4-7-11-19(15)24)14-16-12-20(26-29-16)17-9-5-6-10-18(17)23/h4-11,16H,12-14H2,1-3H3,(H,25,28). The first-order valence-corrected chi connectivity index (χ1v) is 9.89. The predicted octanol–water partition coefficient (Wildman–Crippen LogP) is 4.98. The van der Waals surface area contributed by atoms with Crippen LogP contribution in [0.5, 0.6) is 0 Å². The number of urea groups is 1. The van der Waals surface area contributed by atoms with Crippen molar-refractivity contribution in [1.29, 1.82) is 0 Å². The summed E-state index contributed by atoms with van der Waals surface area (Å²) < 4.78 is 14.2. The highest BCUT2D eigenvalue weighted by molar-refractivity contribution is 6.34. The summed E-state index contributed by atoms with van der Waals surface area (Å²) in [5.74, 6) is -0.346. The van der Waals surface area contributed by atoms with E-state index in [0.717, 1.165) is 11.3 Å². The van der Waals surface area contributed by atoms with Gasteiger partial charge in [0.15, 0.2) is 6.10 Å². The van der Waals surface area contributed by atoms with E-state index in [-0.39, 0.29) is 31.0 Å². The van der Waals surface area contributed by atoms with Gasteiger partial charge in [0.1, 0.15) is 5.82 Å². The van der Waals surface area contributed by atoms with E-state index in [1.165, 1.54) is 6.07 Å². The van der Waals surface area contributed by atoms with Crippen LogP contribution in [-0.4, -0.2) is 34.8 Å². The minimum Gasteiger partial charge on any atom is -0.390 e. The zero-order valence-corrected chi connectivity index (χ0v) is 17.5. The maximum Gasteiger partial charge on any atom is 0.318 e. The molecule has 0 fully saturated rings. The Morgan fingerprint density at radius 1 is 1.24 bits per heavy atom. The van der Waals surface area contributed by atoms with Gasteiger partial charge in [0, 0.05) is 28.1 Å². The number of hydrogen-bond acceptors (Lipinski definition) is 3. The Morgan fingerprint density at radius 2 is 1.93 bits per heavy atom.